The summed E-state index contributed by atoms with van der Waals surface area (Å²) < 4.78 is 0. The minimum Gasteiger partial charge on any atom is -0.506 e. The minimum absolute atomic E-state index is 0. The molecule has 1 aromatic carbocycles. The lowest BCUT2D eigenvalue weighted by molar-refractivity contribution is 0.460. The molecule has 0 atom stereocenters. The van der Waals surface area contributed by atoms with E-state index < -0.39 is 0 Å². The van der Waals surface area contributed by atoms with Gasteiger partial charge in [0.05, 0.1) is 5.69 Å². The fourth-order valence-corrected chi connectivity index (χ4v) is 2.80. The Bertz CT molecular complexity index is 581. The molecule has 3 heteroatoms. The summed E-state index contributed by atoms with van der Waals surface area (Å²) in [5.41, 5.74) is 5.60. The quantitative estimate of drug-likeness (QED) is 0.908. The first-order chi connectivity index (χ1) is 8.75. The van der Waals surface area contributed by atoms with E-state index in [1.807, 2.05) is 13.0 Å². The summed E-state index contributed by atoms with van der Waals surface area (Å²) in [7, 11) is 0. The average molecular weight is 276 g/mol. The van der Waals surface area contributed by atoms with Crippen LogP contribution in [0.5, 0.6) is 5.75 Å². The third-order valence-electron chi connectivity index (χ3n) is 3.71. The van der Waals surface area contributed by atoms with Crippen molar-refractivity contribution in [1.82, 2.24) is 4.98 Å². The molecule has 1 aliphatic carbocycles. The van der Waals surface area contributed by atoms with Crippen LogP contribution in [0.25, 0.3) is 0 Å². The summed E-state index contributed by atoms with van der Waals surface area (Å²) in [6, 6.07) is 10.4. The van der Waals surface area contributed by atoms with E-state index >= 15 is 0 Å². The summed E-state index contributed by atoms with van der Waals surface area (Å²) >= 11 is 0. The Morgan fingerprint density at radius 3 is 2.53 bits per heavy atom. The SMILES string of the molecule is Cc1nc(Cc2ccccc2)c2c(c1O)CCC2.Cl. The van der Waals surface area contributed by atoms with E-state index in [1.54, 1.807) is 0 Å². The van der Waals surface area contributed by atoms with Gasteiger partial charge in [-0.15, -0.1) is 12.4 Å². The van der Waals surface area contributed by atoms with Gasteiger partial charge in [-0.2, -0.15) is 0 Å². The molecule has 1 aliphatic rings. The Morgan fingerprint density at radius 1 is 1.11 bits per heavy atom. The van der Waals surface area contributed by atoms with Crippen molar-refractivity contribution in [1.29, 1.82) is 0 Å². The number of fused-ring (bicyclic) bond motifs is 1. The zero-order chi connectivity index (χ0) is 12.5. The van der Waals surface area contributed by atoms with Gasteiger partial charge in [0.1, 0.15) is 5.75 Å². The molecule has 2 nitrogen and oxygen atoms in total. The van der Waals surface area contributed by atoms with Crippen molar-refractivity contribution in [2.75, 3.05) is 0 Å². The van der Waals surface area contributed by atoms with Gasteiger partial charge in [0.25, 0.3) is 0 Å². The third kappa shape index (κ3) is 2.59. The molecule has 19 heavy (non-hydrogen) atoms. The Kier molecular flexibility index (Phi) is 4.11. The van der Waals surface area contributed by atoms with Gasteiger partial charge in [0.15, 0.2) is 0 Å². The zero-order valence-electron chi connectivity index (χ0n) is 11.0. The van der Waals surface area contributed by atoms with Crippen molar-refractivity contribution in [2.45, 2.75) is 32.6 Å². The number of aromatic nitrogens is 1. The standard InChI is InChI=1S/C16H17NO.ClH/c1-11-16(18)14-9-5-8-13(14)15(17-11)10-12-6-3-2-4-7-12;/h2-4,6-7,18H,5,8-10H2,1H3;1H. The molecular weight excluding hydrogens is 258 g/mol. The number of aromatic hydroxyl groups is 1. The topological polar surface area (TPSA) is 33.1 Å². The zero-order valence-corrected chi connectivity index (χ0v) is 11.8. The van der Waals surface area contributed by atoms with Crippen LogP contribution < -0.4 is 0 Å². The van der Waals surface area contributed by atoms with Crippen molar-refractivity contribution >= 4 is 12.4 Å². The highest BCUT2D eigenvalue weighted by molar-refractivity contribution is 5.85. The predicted molar refractivity (Wildman–Crippen MR) is 79.2 cm³/mol. The second kappa shape index (κ2) is 5.62. The maximum absolute atomic E-state index is 10.0. The number of nitrogens with zero attached hydrogens (tertiary/aromatic N) is 1. The maximum Gasteiger partial charge on any atom is 0.140 e. The minimum atomic E-state index is 0. The van der Waals surface area contributed by atoms with Crippen LogP contribution in [0, 0.1) is 6.92 Å². The largest absolute Gasteiger partial charge is 0.506 e. The van der Waals surface area contributed by atoms with Crippen LogP contribution in [-0.4, -0.2) is 10.1 Å². The molecule has 0 saturated heterocycles. The molecule has 0 amide bonds. The molecular formula is C16H18ClNO. The molecule has 0 radical (unpaired) electrons. The normalized spacial score (nSPS) is 12.9. The van der Waals surface area contributed by atoms with E-state index in [9.17, 15) is 5.11 Å². The van der Waals surface area contributed by atoms with Gasteiger partial charge in [-0.1, -0.05) is 30.3 Å². The molecule has 2 aromatic rings. The van der Waals surface area contributed by atoms with Gasteiger partial charge in [-0.25, -0.2) is 0 Å². The van der Waals surface area contributed by atoms with Crippen LogP contribution in [0.4, 0.5) is 0 Å². The molecule has 1 heterocycles. The van der Waals surface area contributed by atoms with E-state index in [-0.39, 0.29) is 12.4 Å². The van der Waals surface area contributed by atoms with Gasteiger partial charge in [0.2, 0.25) is 0 Å². The van der Waals surface area contributed by atoms with Gasteiger partial charge in [0, 0.05) is 17.7 Å². The first kappa shape index (κ1) is 13.9. The van der Waals surface area contributed by atoms with Crippen LogP contribution in [0.15, 0.2) is 30.3 Å². The lowest BCUT2D eigenvalue weighted by atomic mass is 10.0. The average Bonchev–Trinajstić information content (AvgIpc) is 2.86. The monoisotopic (exact) mass is 275 g/mol. The predicted octanol–water partition coefficient (Wildman–Crippen LogP) is 3.60. The van der Waals surface area contributed by atoms with Gasteiger partial charge >= 0.3 is 0 Å². The number of aryl methyl sites for hydroxylation is 1. The number of hydrogen-bond acceptors (Lipinski definition) is 2. The summed E-state index contributed by atoms with van der Waals surface area (Å²) in [4.78, 5) is 4.59. The van der Waals surface area contributed by atoms with E-state index in [0.717, 1.165) is 42.6 Å². The second-order valence-electron chi connectivity index (χ2n) is 4.97. The third-order valence-corrected chi connectivity index (χ3v) is 3.71. The Labute approximate surface area is 119 Å². The lowest BCUT2D eigenvalue weighted by Gasteiger charge is -2.11. The highest BCUT2D eigenvalue weighted by Gasteiger charge is 2.21. The van der Waals surface area contributed by atoms with E-state index in [4.69, 9.17) is 0 Å². The van der Waals surface area contributed by atoms with Crippen LogP contribution in [-0.2, 0) is 19.3 Å². The van der Waals surface area contributed by atoms with E-state index in [1.165, 1.54) is 11.1 Å². The Morgan fingerprint density at radius 2 is 1.79 bits per heavy atom. The highest BCUT2D eigenvalue weighted by atomic mass is 35.5. The molecule has 0 aliphatic heterocycles. The molecule has 0 spiro atoms. The number of hydrogen-bond donors (Lipinski definition) is 1. The Balaban J connectivity index is 0.00000133. The second-order valence-corrected chi connectivity index (χ2v) is 4.97. The number of pyridine rings is 1. The summed E-state index contributed by atoms with van der Waals surface area (Å²) in [6.45, 7) is 1.89. The van der Waals surface area contributed by atoms with Crippen molar-refractivity contribution in [2.24, 2.45) is 0 Å². The van der Waals surface area contributed by atoms with Crippen LogP contribution in [0.1, 0.15) is 34.5 Å². The van der Waals surface area contributed by atoms with E-state index in [2.05, 4.69) is 29.2 Å². The first-order valence-corrected chi connectivity index (χ1v) is 6.50. The first-order valence-electron chi connectivity index (χ1n) is 6.50. The number of rotatable bonds is 2. The summed E-state index contributed by atoms with van der Waals surface area (Å²) in [5, 5.41) is 10.0. The van der Waals surface area contributed by atoms with E-state index in [0.29, 0.717) is 5.75 Å². The molecule has 3 rings (SSSR count). The lowest BCUT2D eigenvalue weighted by Crippen LogP contribution is -2.02. The van der Waals surface area contributed by atoms with Gasteiger partial charge in [-0.3, -0.25) is 4.98 Å². The van der Waals surface area contributed by atoms with Crippen LogP contribution >= 0.6 is 12.4 Å². The molecule has 1 aromatic heterocycles. The van der Waals surface area contributed by atoms with Crippen molar-refractivity contribution in [3.63, 3.8) is 0 Å². The molecule has 0 fully saturated rings. The molecule has 1 N–H and O–H groups in total. The Hall–Kier alpha value is -1.54. The number of benzene rings is 1. The van der Waals surface area contributed by atoms with Crippen molar-refractivity contribution in [3.05, 3.63) is 58.4 Å². The smallest absolute Gasteiger partial charge is 0.140 e. The van der Waals surface area contributed by atoms with Gasteiger partial charge < -0.3 is 5.11 Å². The van der Waals surface area contributed by atoms with Crippen molar-refractivity contribution < 1.29 is 5.11 Å². The summed E-state index contributed by atoms with van der Waals surface area (Å²) in [5.74, 6) is 0.416. The number of halogens is 1. The fourth-order valence-electron chi connectivity index (χ4n) is 2.80. The maximum atomic E-state index is 10.0. The van der Waals surface area contributed by atoms with Crippen LogP contribution in [0.2, 0.25) is 0 Å². The summed E-state index contributed by atoms with van der Waals surface area (Å²) in [6.07, 6.45) is 4.05. The molecule has 0 unspecified atom stereocenters. The highest BCUT2D eigenvalue weighted by Crippen LogP contribution is 2.34. The fraction of sp³-hybridized carbons (Fsp3) is 0.312. The van der Waals surface area contributed by atoms with Crippen molar-refractivity contribution in [3.8, 4) is 5.75 Å². The molecule has 0 bridgehead atoms. The molecule has 100 valence electrons. The molecule has 0 saturated carbocycles. The van der Waals surface area contributed by atoms with Gasteiger partial charge in [-0.05, 0) is 37.3 Å². The van der Waals surface area contributed by atoms with Crippen LogP contribution in [0.3, 0.4) is 0 Å².